The van der Waals surface area contributed by atoms with E-state index in [-0.39, 0.29) is 5.12 Å². The maximum atomic E-state index is 11.9. The molecule has 1 aromatic carbocycles. The van der Waals surface area contributed by atoms with Gasteiger partial charge >= 0.3 is 6.09 Å². The molecular weight excluding hydrogens is 354 g/mol. The van der Waals surface area contributed by atoms with E-state index in [0.29, 0.717) is 30.4 Å². The molecule has 26 heavy (non-hydrogen) atoms. The van der Waals surface area contributed by atoms with E-state index in [9.17, 15) is 9.59 Å². The fourth-order valence-electron chi connectivity index (χ4n) is 1.98. The SMILES string of the molecule is CC(C)(C)OC(=O)NCCOc1cccc(CSC(=O)c2ccco2)c1. The third-order valence-electron chi connectivity index (χ3n) is 3.03. The molecule has 2 rings (SSSR count). The van der Waals surface area contributed by atoms with Crippen LogP contribution in [0.3, 0.4) is 0 Å². The molecule has 0 saturated carbocycles. The molecule has 0 atom stereocenters. The minimum absolute atomic E-state index is 0.108. The highest BCUT2D eigenvalue weighted by Gasteiger charge is 2.15. The summed E-state index contributed by atoms with van der Waals surface area (Å²) in [5.41, 5.74) is 0.441. The molecule has 0 aliphatic heterocycles. The molecule has 0 saturated heterocycles. The van der Waals surface area contributed by atoms with Crippen LogP contribution in [0.5, 0.6) is 5.75 Å². The summed E-state index contributed by atoms with van der Waals surface area (Å²) in [4.78, 5) is 23.5. The van der Waals surface area contributed by atoms with Crippen molar-refractivity contribution < 1.29 is 23.5 Å². The maximum Gasteiger partial charge on any atom is 0.407 e. The standard InChI is InChI=1S/C19H23NO5S/c1-19(2,3)25-18(22)20-9-11-23-15-7-4-6-14(12-15)13-26-17(21)16-8-5-10-24-16/h4-8,10,12H,9,11,13H2,1-3H3,(H,20,22). The number of ether oxygens (including phenoxy) is 2. The molecule has 1 amide bonds. The molecule has 1 heterocycles. The van der Waals surface area contributed by atoms with Crippen molar-refractivity contribution >= 4 is 23.0 Å². The van der Waals surface area contributed by atoms with Crippen molar-refractivity contribution in [2.24, 2.45) is 0 Å². The lowest BCUT2D eigenvalue weighted by Crippen LogP contribution is -2.34. The zero-order valence-electron chi connectivity index (χ0n) is 15.1. The number of alkyl carbamates (subject to hydrolysis) is 1. The first-order valence-electron chi connectivity index (χ1n) is 8.23. The van der Waals surface area contributed by atoms with E-state index in [2.05, 4.69) is 5.32 Å². The van der Waals surface area contributed by atoms with E-state index in [0.717, 1.165) is 5.56 Å². The number of nitrogens with one attached hydrogen (secondary N) is 1. The third-order valence-corrected chi connectivity index (χ3v) is 3.97. The Labute approximate surface area is 157 Å². The van der Waals surface area contributed by atoms with Crippen LogP contribution in [0.2, 0.25) is 0 Å². The number of benzene rings is 1. The summed E-state index contributed by atoms with van der Waals surface area (Å²) in [6.45, 7) is 6.09. The summed E-state index contributed by atoms with van der Waals surface area (Å²) in [6.07, 6.45) is 1.01. The van der Waals surface area contributed by atoms with Crippen LogP contribution in [0.4, 0.5) is 4.79 Å². The first-order chi connectivity index (χ1) is 12.3. The van der Waals surface area contributed by atoms with Crippen molar-refractivity contribution in [1.29, 1.82) is 0 Å². The third kappa shape index (κ3) is 7.23. The molecule has 0 spiro atoms. The van der Waals surface area contributed by atoms with E-state index in [1.54, 1.807) is 12.1 Å². The highest BCUT2D eigenvalue weighted by molar-refractivity contribution is 8.13. The molecular formula is C19H23NO5S. The Morgan fingerprint density at radius 3 is 2.69 bits per heavy atom. The van der Waals surface area contributed by atoms with Gasteiger partial charge in [-0.05, 0) is 50.6 Å². The summed E-state index contributed by atoms with van der Waals surface area (Å²) >= 11 is 1.17. The average molecular weight is 377 g/mol. The number of hydrogen-bond donors (Lipinski definition) is 1. The first-order valence-corrected chi connectivity index (χ1v) is 9.21. The van der Waals surface area contributed by atoms with Gasteiger partial charge in [0.25, 0.3) is 5.12 Å². The minimum atomic E-state index is -0.524. The summed E-state index contributed by atoms with van der Waals surface area (Å²) in [5, 5.41) is 2.53. The number of amides is 1. The fourth-order valence-corrected chi connectivity index (χ4v) is 2.71. The zero-order valence-corrected chi connectivity index (χ0v) is 15.9. The minimum Gasteiger partial charge on any atom is -0.492 e. The van der Waals surface area contributed by atoms with Crippen molar-refractivity contribution in [3.63, 3.8) is 0 Å². The second kappa shape index (κ2) is 9.33. The molecule has 0 unspecified atom stereocenters. The molecule has 1 aromatic heterocycles. The first kappa shape index (κ1) is 19.9. The molecule has 0 radical (unpaired) electrons. The molecule has 1 N–H and O–H groups in total. The number of rotatable bonds is 7. The van der Waals surface area contributed by atoms with Gasteiger partial charge in [-0.2, -0.15) is 0 Å². The van der Waals surface area contributed by atoms with E-state index < -0.39 is 11.7 Å². The Kier molecular flexibility index (Phi) is 7.15. The molecule has 0 bridgehead atoms. The van der Waals surface area contributed by atoms with Crippen LogP contribution in [0.15, 0.2) is 47.1 Å². The lowest BCUT2D eigenvalue weighted by molar-refractivity contribution is 0.0520. The van der Waals surface area contributed by atoms with Gasteiger partial charge in [0.15, 0.2) is 5.76 Å². The number of hydrogen-bond acceptors (Lipinski definition) is 6. The van der Waals surface area contributed by atoms with Crippen LogP contribution in [-0.2, 0) is 10.5 Å². The Bertz CT molecular complexity index is 722. The van der Waals surface area contributed by atoms with Crippen LogP contribution in [0.1, 0.15) is 36.9 Å². The average Bonchev–Trinajstić information content (AvgIpc) is 3.10. The normalized spacial score (nSPS) is 11.0. The van der Waals surface area contributed by atoms with Crippen molar-refractivity contribution in [2.75, 3.05) is 13.2 Å². The Morgan fingerprint density at radius 1 is 1.19 bits per heavy atom. The van der Waals surface area contributed by atoms with Crippen molar-refractivity contribution in [3.8, 4) is 5.75 Å². The van der Waals surface area contributed by atoms with Crippen molar-refractivity contribution in [2.45, 2.75) is 32.1 Å². The van der Waals surface area contributed by atoms with Crippen LogP contribution >= 0.6 is 11.8 Å². The van der Waals surface area contributed by atoms with Crippen molar-refractivity contribution in [3.05, 3.63) is 54.0 Å². The molecule has 6 nitrogen and oxygen atoms in total. The van der Waals surface area contributed by atoms with Gasteiger partial charge in [0.2, 0.25) is 0 Å². The van der Waals surface area contributed by atoms with Crippen LogP contribution < -0.4 is 10.1 Å². The second-order valence-corrected chi connectivity index (χ2v) is 7.43. The Morgan fingerprint density at radius 2 is 2.00 bits per heavy atom. The highest BCUT2D eigenvalue weighted by atomic mass is 32.2. The topological polar surface area (TPSA) is 77.8 Å². The van der Waals surface area contributed by atoms with E-state index in [1.165, 1.54) is 18.0 Å². The number of furan rings is 1. The predicted octanol–water partition coefficient (Wildman–Crippen LogP) is 4.26. The second-order valence-electron chi connectivity index (χ2n) is 6.48. The van der Waals surface area contributed by atoms with Gasteiger partial charge < -0.3 is 19.2 Å². The van der Waals surface area contributed by atoms with Crippen LogP contribution in [-0.4, -0.2) is 30.0 Å². The highest BCUT2D eigenvalue weighted by Crippen LogP contribution is 2.21. The summed E-state index contributed by atoms with van der Waals surface area (Å²) in [7, 11) is 0. The van der Waals surface area contributed by atoms with Gasteiger partial charge in [0.05, 0.1) is 12.8 Å². The van der Waals surface area contributed by atoms with Gasteiger partial charge in [-0.15, -0.1) is 0 Å². The number of carbonyl (C=O) groups is 2. The molecule has 0 fully saturated rings. The Hall–Kier alpha value is -2.41. The lowest BCUT2D eigenvalue weighted by atomic mass is 10.2. The predicted molar refractivity (Wildman–Crippen MR) is 101 cm³/mol. The van der Waals surface area contributed by atoms with Crippen molar-refractivity contribution in [1.82, 2.24) is 5.32 Å². The van der Waals surface area contributed by atoms with Gasteiger partial charge in [-0.25, -0.2) is 4.79 Å². The summed E-state index contributed by atoms with van der Waals surface area (Å²) < 4.78 is 15.9. The van der Waals surface area contributed by atoms with E-state index in [1.807, 2.05) is 45.0 Å². The van der Waals surface area contributed by atoms with E-state index >= 15 is 0 Å². The molecule has 140 valence electrons. The summed E-state index contributed by atoms with van der Waals surface area (Å²) in [6, 6.07) is 10.8. The smallest absolute Gasteiger partial charge is 0.407 e. The van der Waals surface area contributed by atoms with Crippen LogP contribution in [0.25, 0.3) is 0 Å². The molecule has 0 aliphatic carbocycles. The Balaban J connectivity index is 1.73. The zero-order chi connectivity index (χ0) is 19.0. The molecule has 2 aromatic rings. The number of thioether (sulfide) groups is 1. The quantitative estimate of drug-likeness (QED) is 0.727. The van der Waals surface area contributed by atoms with Gasteiger partial charge in [0.1, 0.15) is 18.0 Å². The molecule has 0 aliphatic rings. The number of carbonyl (C=O) groups excluding carboxylic acids is 2. The fraction of sp³-hybridized carbons (Fsp3) is 0.368. The maximum absolute atomic E-state index is 11.9. The van der Waals surface area contributed by atoms with Gasteiger partial charge in [0, 0.05) is 5.75 Å². The monoisotopic (exact) mass is 377 g/mol. The van der Waals surface area contributed by atoms with Gasteiger partial charge in [-0.1, -0.05) is 23.9 Å². The largest absolute Gasteiger partial charge is 0.492 e. The summed E-state index contributed by atoms with van der Waals surface area (Å²) in [5.74, 6) is 1.54. The molecule has 7 heteroatoms. The van der Waals surface area contributed by atoms with E-state index in [4.69, 9.17) is 13.9 Å². The van der Waals surface area contributed by atoms with Crippen LogP contribution in [0, 0.1) is 0 Å². The van der Waals surface area contributed by atoms with Gasteiger partial charge in [-0.3, -0.25) is 4.79 Å². The lowest BCUT2D eigenvalue weighted by Gasteiger charge is -2.19.